The molecule has 0 aromatic rings. The number of unbranched alkanes of at least 4 members (excludes halogenated alkanes) is 9. The molecule has 0 rings (SSSR count). The van der Waals surface area contributed by atoms with E-state index in [0.29, 0.717) is 19.3 Å². The largest absolute Gasteiger partial charge is 0.469 e. The quantitative estimate of drug-likeness (QED) is 0.0298. The molecular weight excluding hydrogens is 651 g/mol. The maximum absolute atomic E-state index is 12.3. The van der Waals surface area contributed by atoms with Crippen LogP contribution >= 0.6 is 7.82 Å². The predicted octanol–water partition coefficient (Wildman–Crippen LogP) is 11.3. The average molecular weight is 719 g/mol. The van der Waals surface area contributed by atoms with Gasteiger partial charge in [-0.15, -0.1) is 0 Å². The summed E-state index contributed by atoms with van der Waals surface area (Å²) in [6.45, 7) is 3.52. The molecule has 0 saturated heterocycles. The summed E-state index contributed by atoms with van der Waals surface area (Å²) in [5, 5.41) is 0. The van der Waals surface area contributed by atoms with Crippen LogP contribution < -0.4 is 0 Å². The highest BCUT2D eigenvalue weighted by Crippen LogP contribution is 2.35. The zero-order valence-electron chi connectivity index (χ0n) is 31.0. The van der Waals surface area contributed by atoms with E-state index in [9.17, 15) is 14.2 Å². The molecule has 0 unspecified atom stereocenters. The maximum atomic E-state index is 12.3. The van der Waals surface area contributed by atoms with Crippen molar-refractivity contribution >= 4 is 19.8 Å². The van der Waals surface area contributed by atoms with Gasteiger partial charge >= 0.3 is 19.8 Å². The number of rotatable bonds is 33. The number of hydrogen-bond acceptors (Lipinski definition) is 6. The molecule has 0 aliphatic heterocycles. The number of phosphoric ester groups is 1. The van der Waals surface area contributed by atoms with Crippen molar-refractivity contribution in [1.82, 2.24) is 0 Å². The Morgan fingerprint density at radius 1 is 0.520 bits per heavy atom. The molecule has 0 aliphatic rings. The van der Waals surface area contributed by atoms with Crippen LogP contribution in [0.2, 0.25) is 0 Å². The standard InChI is InChI=1S/C41H67O8P/c1-3-5-7-9-11-13-15-17-19-20-22-24-26-28-30-32-34-36-41(43)49-39(38-48-50(44,45)46)37-47-40(42)35-33-31-29-27-25-23-21-18-16-14-12-10-8-6-4-2/h11-14,17-19,21-22,24-25,27-28,30,39H,3-10,15-16,20,23,26,29,31-38H2,1-2H3,(H2,44,45,46)/b13-11+,14-12+,19-17+,21-18+,24-22+,27-25+,30-28+/t39-/m1/s1. The highest BCUT2D eigenvalue weighted by Gasteiger charge is 2.22. The lowest BCUT2D eigenvalue weighted by molar-refractivity contribution is -0.161. The van der Waals surface area contributed by atoms with E-state index in [1.807, 2.05) is 12.2 Å². The highest BCUT2D eigenvalue weighted by molar-refractivity contribution is 7.46. The summed E-state index contributed by atoms with van der Waals surface area (Å²) in [4.78, 5) is 42.7. The van der Waals surface area contributed by atoms with Crippen molar-refractivity contribution in [2.24, 2.45) is 0 Å². The first-order valence-corrected chi connectivity index (χ1v) is 20.4. The van der Waals surface area contributed by atoms with Gasteiger partial charge in [0.2, 0.25) is 0 Å². The number of carbonyl (C=O) groups excluding carboxylic acids is 2. The van der Waals surface area contributed by atoms with E-state index in [1.165, 1.54) is 38.5 Å². The van der Waals surface area contributed by atoms with E-state index in [-0.39, 0.29) is 19.4 Å². The summed E-state index contributed by atoms with van der Waals surface area (Å²) >= 11 is 0. The number of phosphoric acid groups is 1. The zero-order chi connectivity index (χ0) is 36.8. The summed E-state index contributed by atoms with van der Waals surface area (Å²) in [7, 11) is -4.78. The summed E-state index contributed by atoms with van der Waals surface area (Å²) in [5.74, 6) is -1.01. The van der Waals surface area contributed by atoms with Gasteiger partial charge in [-0.25, -0.2) is 4.57 Å². The Bertz CT molecular complexity index is 1080. The van der Waals surface area contributed by atoms with Crippen molar-refractivity contribution in [1.29, 1.82) is 0 Å². The van der Waals surface area contributed by atoms with Crippen LogP contribution in [0.5, 0.6) is 0 Å². The van der Waals surface area contributed by atoms with Gasteiger partial charge < -0.3 is 19.3 Å². The monoisotopic (exact) mass is 718 g/mol. The van der Waals surface area contributed by atoms with Crippen molar-refractivity contribution in [3.63, 3.8) is 0 Å². The molecule has 1 atom stereocenters. The molecule has 0 aromatic carbocycles. The van der Waals surface area contributed by atoms with E-state index in [1.54, 1.807) is 0 Å². The zero-order valence-corrected chi connectivity index (χ0v) is 31.9. The Morgan fingerprint density at radius 3 is 1.32 bits per heavy atom. The average Bonchev–Trinajstić information content (AvgIpc) is 3.08. The first-order valence-electron chi connectivity index (χ1n) is 18.9. The SMILES string of the molecule is CCCCC/C=C/C/C=C/C/C=C/C/C=C/CCCC(=O)O[C@H](COC(=O)CCCC/C=C/C/C=C/C/C=C/CCCCC)COP(=O)(O)O. The first kappa shape index (κ1) is 47.2. The second-order valence-corrected chi connectivity index (χ2v) is 13.4. The molecule has 0 bridgehead atoms. The molecule has 9 heteroatoms. The molecule has 0 amide bonds. The Morgan fingerprint density at radius 2 is 0.900 bits per heavy atom. The number of esters is 2. The molecule has 0 spiro atoms. The minimum Gasteiger partial charge on any atom is -0.462 e. The fraction of sp³-hybridized carbons (Fsp3) is 0.610. The van der Waals surface area contributed by atoms with Crippen LogP contribution in [0.15, 0.2) is 85.1 Å². The highest BCUT2D eigenvalue weighted by atomic mass is 31.2. The van der Waals surface area contributed by atoms with Gasteiger partial charge in [-0.1, -0.05) is 125 Å². The van der Waals surface area contributed by atoms with Gasteiger partial charge in [-0.2, -0.15) is 0 Å². The number of allylic oxidation sites excluding steroid dienone is 14. The Kier molecular flexibility index (Phi) is 34.0. The minimum absolute atomic E-state index is 0.123. The van der Waals surface area contributed by atoms with Crippen molar-refractivity contribution in [3.05, 3.63) is 85.1 Å². The molecule has 0 saturated carbocycles. The van der Waals surface area contributed by atoms with Gasteiger partial charge in [0, 0.05) is 12.8 Å². The third-order valence-corrected chi connectivity index (χ3v) is 7.87. The van der Waals surface area contributed by atoms with Gasteiger partial charge in [-0.3, -0.25) is 14.1 Å². The summed E-state index contributed by atoms with van der Waals surface area (Å²) in [6.07, 6.45) is 47.4. The summed E-state index contributed by atoms with van der Waals surface area (Å²) in [5.41, 5.74) is 0. The Labute approximate surface area is 303 Å². The van der Waals surface area contributed by atoms with Crippen LogP contribution in [0, 0.1) is 0 Å². The first-order chi connectivity index (χ1) is 24.3. The van der Waals surface area contributed by atoms with Crippen molar-refractivity contribution in [3.8, 4) is 0 Å². The molecule has 0 fully saturated rings. The van der Waals surface area contributed by atoms with E-state index in [0.717, 1.165) is 57.8 Å². The van der Waals surface area contributed by atoms with E-state index in [2.05, 4.69) is 91.3 Å². The van der Waals surface area contributed by atoms with Crippen molar-refractivity contribution < 1.29 is 37.9 Å². The van der Waals surface area contributed by atoms with E-state index in [4.69, 9.17) is 19.3 Å². The number of hydrogen-bond donors (Lipinski definition) is 2. The van der Waals surface area contributed by atoms with Gasteiger partial charge in [0.1, 0.15) is 6.61 Å². The third kappa shape index (κ3) is 38.0. The summed E-state index contributed by atoms with van der Waals surface area (Å²) in [6, 6.07) is 0. The van der Waals surface area contributed by atoms with Gasteiger partial charge in [-0.05, 0) is 89.9 Å². The normalized spacial score (nSPS) is 13.4. The summed E-state index contributed by atoms with van der Waals surface area (Å²) < 4.78 is 26.2. The van der Waals surface area contributed by atoms with Crippen LogP contribution in [0.1, 0.15) is 142 Å². The Balaban J connectivity index is 4.17. The van der Waals surface area contributed by atoms with Crippen LogP contribution in [-0.4, -0.2) is 41.0 Å². The van der Waals surface area contributed by atoms with Gasteiger partial charge in [0.05, 0.1) is 6.61 Å². The van der Waals surface area contributed by atoms with Crippen LogP contribution in [0.25, 0.3) is 0 Å². The second-order valence-electron chi connectivity index (χ2n) is 12.2. The van der Waals surface area contributed by atoms with Crippen molar-refractivity contribution in [2.75, 3.05) is 13.2 Å². The Hall–Kier alpha value is -2.77. The van der Waals surface area contributed by atoms with Gasteiger partial charge in [0.25, 0.3) is 0 Å². The van der Waals surface area contributed by atoms with Gasteiger partial charge in [0.15, 0.2) is 6.10 Å². The fourth-order valence-corrected chi connectivity index (χ4v) is 4.91. The lowest BCUT2D eigenvalue weighted by atomic mass is 10.1. The van der Waals surface area contributed by atoms with Crippen LogP contribution in [0.3, 0.4) is 0 Å². The van der Waals surface area contributed by atoms with Crippen LogP contribution in [-0.2, 0) is 28.2 Å². The molecule has 2 N–H and O–H groups in total. The molecular formula is C41H67O8P. The number of carbonyl (C=O) groups is 2. The third-order valence-electron chi connectivity index (χ3n) is 7.39. The lowest BCUT2D eigenvalue weighted by Gasteiger charge is -2.18. The topological polar surface area (TPSA) is 119 Å². The molecule has 0 heterocycles. The molecule has 0 radical (unpaired) electrons. The molecule has 8 nitrogen and oxygen atoms in total. The van der Waals surface area contributed by atoms with Crippen molar-refractivity contribution in [2.45, 2.75) is 148 Å². The molecule has 284 valence electrons. The molecule has 0 aliphatic carbocycles. The second kappa shape index (κ2) is 36.0. The lowest BCUT2D eigenvalue weighted by Crippen LogP contribution is -2.29. The minimum atomic E-state index is -4.78. The van der Waals surface area contributed by atoms with E-state index >= 15 is 0 Å². The van der Waals surface area contributed by atoms with Crippen LogP contribution in [0.4, 0.5) is 0 Å². The fourth-order valence-electron chi connectivity index (χ4n) is 4.55. The maximum Gasteiger partial charge on any atom is 0.469 e. The predicted molar refractivity (Wildman–Crippen MR) is 207 cm³/mol. The van der Waals surface area contributed by atoms with E-state index < -0.39 is 32.5 Å². The molecule has 0 aromatic heterocycles. The smallest absolute Gasteiger partial charge is 0.462 e. The number of ether oxygens (including phenoxy) is 2. The molecule has 50 heavy (non-hydrogen) atoms.